The number of rotatable bonds is 7. The van der Waals surface area contributed by atoms with E-state index in [0.29, 0.717) is 12.3 Å². The van der Waals surface area contributed by atoms with Crippen LogP contribution >= 0.6 is 11.8 Å². The van der Waals surface area contributed by atoms with Gasteiger partial charge in [-0.2, -0.15) is 0 Å². The van der Waals surface area contributed by atoms with Gasteiger partial charge in [0, 0.05) is 10.6 Å². The summed E-state index contributed by atoms with van der Waals surface area (Å²) in [6, 6.07) is 15.3. The highest BCUT2D eigenvalue weighted by atomic mass is 32.2. The van der Waals surface area contributed by atoms with Gasteiger partial charge in [0.1, 0.15) is 5.75 Å². The van der Waals surface area contributed by atoms with E-state index in [1.165, 1.54) is 4.90 Å². The Morgan fingerprint density at radius 1 is 1.19 bits per heavy atom. The molecule has 0 spiro atoms. The Balaban J connectivity index is 1.51. The summed E-state index contributed by atoms with van der Waals surface area (Å²) in [5, 5.41) is 13.1. The molecule has 1 amide bonds. The average molecular weight is 385 g/mol. The lowest BCUT2D eigenvalue weighted by Crippen LogP contribution is -3.15. The van der Waals surface area contributed by atoms with Crippen molar-refractivity contribution in [3.63, 3.8) is 0 Å². The zero-order chi connectivity index (χ0) is 19.1. The second-order valence-corrected chi connectivity index (χ2v) is 7.61. The van der Waals surface area contributed by atoms with E-state index < -0.39 is 0 Å². The molecule has 3 N–H and O–H groups in total. The molecule has 0 radical (unpaired) electrons. The van der Waals surface area contributed by atoms with Crippen molar-refractivity contribution in [2.75, 3.05) is 48.7 Å². The van der Waals surface area contributed by atoms with Crippen LogP contribution in [0.3, 0.4) is 0 Å². The highest BCUT2D eigenvalue weighted by Crippen LogP contribution is 2.27. The third-order valence-electron chi connectivity index (χ3n) is 4.62. The summed E-state index contributed by atoms with van der Waals surface area (Å²) >= 11 is 1.66. The van der Waals surface area contributed by atoms with E-state index in [0.717, 1.165) is 48.2 Å². The highest BCUT2D eigenvalue weighted by molar-refractivity contribution is 7.99. The number of phenols is 1. The molecule has 142 valence electrons. The lowest BCUT2D eigenvalue weighted by Gasteiger charge is -2.33. The monoisotopic (exact) mass is 384 g/mol. The third kappa shape index (κ3) is 5.28. The molecule has 1 fully saturated rings. The van der Waals surface area contributed by atoms with Crippen LogP contribution in [-0.2, 0) is 4.79 Å². The van der Waals surface area contributed by atoms with Crippen LogP contribution < -0.4 is 15.1 Å². The molecule has 1 heterocycles. The maximum atomic E-state index is 12.5. The Hall–Kier alpha value is -2.44. The number of amides is 1. The summed E-state index contributed by atoms with van der Waals surface area (Å²) < 4.78 is 0. The van der Waals surface area contributed by atoms with Crippen LogP contribution in [0.2, 0.25) is 0 Å². The van der Waals surface area contributed by atoms with Crippen molar-refractivity contribution in [2.45, 2.75) is 4.90 Å². The molecule has 1 aliphatic rings. The number of hydrogen-bond acceptors (Lipinski definition) is 4. The van der Waals surface area contributed by atoms with Crippen LogP contribution in [0.5, 0.6) is 5.75 Å². The first-order chi connectivity index (χ1) is 13.2. The van der Waals surface area contributed by atoms with E-state index in [4.69, 9.17) is 0 Å². The Bertz CT molecular complexity index is 789. The zero-order valence-corrected chi connectivity index (χ0v) is 16.2. The fourth-order valence-corrected chi connectivity index (χ4v) is 3.98. The molecule has 2 aromatic rings. The van der Waals surface area contributed by atoms with Gasteiger partial charge in [-0.05, 0) is 24.3 Å². The minimum absolute atomic E-state index is 0.0349. The lowest BCUT2D eigenvalue weighted by atomic mass is 10.2. The molecular formula is C21H26N3O2S+. The van der Waals surface area contributed by atoms with Gasteiger partial charge in [0.25, 0.3) is 5.91 Å². The summed E-state index contributed by atoms with van der Waals surface area (Å²) in [5.41, 5.74) is 1.73. The molecule has 1 aliphatic heterocycles. The van der Waals surface area contributed by atoms with Crippen molar-refractivity contribution < 1.29 is 14.8 Å². The Labute approximate surface area is 164 Å². The van der Waals surface area contributed by atoms with Crippen molar-refractivity contribution in [2.24, 2.45) is 0 Å². The van der Waals surface area contributed by atoms with Gasteiger partial charge in [0.15, 0.2) is 6.54 Å². The first-order valence-electron chi connectivity index (χ1n) is 9.16. The first kappa shape index (κ1) is 19.3. The smallest absolute Gasteiger partial charge is 0.279 e. The molecule has 0 atom stereocenters. The van der Waals surface area contributed by atoms with E-state index in [2.05, 4.69) is 16.8 Å². The summed E-state index contributed by atoms with van der Waals surface area (Å²) in [5.74, 6) is 1.16. The Morgan fingerprint density at radius 2 is 1.89 bits per heavy atom. The van der Waals surface area contributed by atoms with Gasteiger partial charge in [-0.25, -0.2) is 0 Å². The summed E-state index contributed by atoms with van der Waals surface area (Å²) in [6.45, 7) is 7.59. The number of thioether (sulfide) groups is 1. The van der Waals surface area contributed by atoms with Crippen molar-refractivity contribution in [3.05, 3.63) is 61.2 Å². The van der Waals surface area contributed by atoms with Crippen LogP contribution in [0.1, 0.15) is 0 Å². The standard InChI is InChI=1S/C21H25N3O2S/c1-2-15-27-20-10-6-3-7-17(20)22-21(26)16-23-11-13-24(14-12-23)18-8-4-5-9-19(18)25/h2-10,25H,1,11-16H2,(H,22,26)/p+1. The molecule has 0 unspecified atom stereocenters. The highest BCUT2D eigenvalue weighted by Gasteiger charge is 2.23. The fraction of sp³-hybridized carbons (Fsp3) is 0.286. The fourth-order valence-electron chi connectivity index (χ4n) is 3.24. The molecule has 2 aromatic carbocycles. The largest absolute Gasteiger partial charge is 0.506 e. The average Bonchev–Trinajstić information content (AvgIpc) is 2.68. The minimum Gasteiger partial charge on any atom is -0.506 e. The predicted octanol–water partition coefficient (Wildman–Crippen LogP) is 2.01. The van der Waals surface area contributed by atoms with Crippen LogP contribution in [0.4, 0.5) is 11.4 Å². The molecule has 0 bridgehead atoms. The molecule has 5 nitrogen and oxygen atoms in total. The van der Waals surface area contributed by atoms with Crippen LogP contribution in [-0.4, -0.2) is 49.5 Å². The second-order valence-electron chi connectivity index (χ2n) is 6.55. The van der Waals surface area contributed by atoms with Crippen LogP contribution in [0, 0.1) is 0 Å². The number of hydrogen-bond donors (Lipinski definition) is 3. The normalized spacial score (nSPS) is 14.7. The minimum atomic E-state index is 0.0349. The number of phenolic OH excluding ortho intramolecular Hbond substituents is 1. The number of benzene rings is 2. The Kier molecular flexibility index (Phi) is 6.79. The van der Waals surface area contributed by atoms with Gasteiger partial charge < -0.3 is 20.2 Å². The topological polar surface area (TPSA) is 57.0 Å². The second kappa shape index (κ2) is 9.48. The third-order valence-corrected chi connectivity index (χ3v) is 5.69. The number of carbonyl (C=O) groups is 1. The van der Waals surface area contributed by atoms with Gasteiger partial charge in [0.2, 0.25) is 0 Å². The van der Waals surface area contributed by atoms with Crippen molar-refractivity contribution in [1.29, 1.82) is 0 Å². The first-order valence-corrected chi connectivity index (χ1v) is 10.1. The molecule has 0 saturated carbocycles. The SMILES string of the molecule is C=CCSc1ccccc1NC(=O)C[NH+]1CCN(c2ccccc2O)CC1. The number of anilines is 2. The number of quaternary nitrogens is 1. The molecule has 27 heavy (non-hydrogen) atoms. The van der Waals surface area contributed by atoms with Gasteiger partial charge in [-0.1, -0.05) is 30.3 Å². The lowest BCUT2D eigenvalue weighted by molar-refractivity contribution is -0.892. The van der Waals surface area contributed by atoms with Gasteiger partial charge in [-0.15, -0.1) is 18.3 Å². The van der Waals surface area contributed by atoms with Crippen molar-refractivity contribution in [1.82, 2.24) is 0 Å². The van der Waals surface area contributed by atoms with Gasteiger partial charge in [0.05, 0.1) is 37.6 Å². The van der Waals surface area contributed by atoms with Crippen molar-refractivity contribution >= 4 is 29.0 Å². The van der Waals surface area contributed by atoms with E-state index >= 15 is 0 Å². The molecule has 0 aliphatic carbocycles. The summed E-state index contributed by atoms with van der Waals surface area (Å²) in [4.78, 5) is 17.0. The number of piperazine rings is 1. The molecular weight excluding hydrogens is 358 g/mol. The van der Waals surface area contributed by atoms with Crippen molar-refractivity contribution in [3.8, 4) is 5.75 Å². The van der Waals surface area contributed by atoms with Crippen LogP contribution in [0.25, 0.3) is 0 Å². The maximum Gasteiger partial charge on any atom is 0.279 e. The van der Waals surface area contributed by atoms with Crippen LogP contribution in [0.15, 0.2) is 66.1 Å². The van der Waals surface area contributed by atoms with Gasteiger partial charge >= 0.3 is 0 Å². The van der Waals surface area contributed by atoms with E-state index in [1.54, 1.807) is 17.8 Å². The number of para-hydroxylation sites is 3. The van der Waals surface area contributed by atoms with E-state index in [1.807, 2.05) is 48.5 Å². The Morgan fingerprint density at radius 3 is 2.63 bits per heavy atom. The predicted molar refractivity (Wildman–Crippen MR) is 112 cm³/mol. The number of aromatic hydroxyl groups is 1. The summed E-state index contributed by atoms with van der Waals surface area (Å²) in [7, 11) is 0. The zero-order valence-electron chi connectivity index (χ0n) is 15.4. The van der Waals surface area contributed by atoms with Gasteiger partial charge in [-0.3, -0.25) is 4.79 Å². The molecule has 1 saturated heterocycles. The number of nitrogens with one attached hydrogen (secondary N) is 2. The molecule has 3 rings (SSSR count). The molecule has 6 heteroatoms. The quantitative estimate of drug-likeness (QED) is 0.505. The maximum absolute atomic E-state index is 12.5. The van der Waals surface area contributed by atoms with E-state index in [9.17, 15) is 9.90 Å². The summed E-state index contributed by atoms with van der Waals surface area (Å²) in [6.07, 6.45) is 1.86. The van der Waals surface area contributed by atoms with E-state index in [-0.39, 0.29) is 5.91 Å². The number of nitrogens with zero attached hydrogens (tertiary/aromatic N) is 1. The molecule has 0 aromatic heterocycles. The number of carbonyl (C=O) groups excluding carboxylic acids is 1.